The van der Waals surface area contributed by atoms with Gasteiger partial charge in [-0.05, 0) is 54.1 Å². The van der Waals surface area contributed by atoms with Crippen molar-refractivity contribution in [2.24, 2.45) is 0 Å². The number of carbonyl (C=O) groups excluding carboxylic acids is 1. The zero-order valence-corrected chi connectivity index (χ0v) is 18.9. The zero-order valence-electron chi connectivity index (χ0n) is 16.7. The molecule has 1 N–H and O–H groups in total. The topological polar surface area (TPSA) is 68.6 Å². The fourth-order valence-corrected chi connectivity index (χ4v) is 3.69. The van der Waals surface area contributed by atoms with Gasteiger partial charge in [-0.3, -0.25) is 4.79 Å². The maximum absolute atomic E-state index is 12.3. The highest BCUT2D eigenvalue weighted by molar-refractivity contribution is 14.1. The average Bonchev–Trinajstić information content (AvgIpc) is 2.74. The minimum Gasteiger partial charge on any atom is -0.369 e. The normalized spacial score (nSPS) is 15.7. The Labute approximate surface area is 185 Å². The number of rotatable bonds is 6. The minimum atomic E-state index is -0.371. The zero-order chi connectivity index (χ0) is 20.8. The maximum atomic E-state index is 12.3. The number of carbonyl (C=O) groups is 1. The summed E-state index contributed by atoms with van der Waals surface area (Å²) in [4.78, 5) is 17.1. The highest BCUT2D eigenvalue weighted by Gasteiger charge is 2.16. The third kappa shape index (κ3) is 5.26. The Kier molecular flexibility index (Phi) is 7.47. The van der Waals surface area contributed by atoms with Crippen LogP contribution in [-0.2, 0) is 7.86 Å². The van der Waals surface area contributed by atoms with Gasteiger partial charge >= 0.3 is 0 Å². The lowest BCUT2D eigenvalue weighted by Crippen LogP contribution is -2.44. The van der Waals surface area contributed by atoms with Crippen LogP contribution in [0.3, 0.4) is 0 Å². The molecule has 1 aliphatic heterocycles. The fourth-order valence-electron chi connectivity index (χ4n) is 3.47. The van der Waals surface area contributed by atoms with Crippen LogP contribution in [0.1, 0.15) is 12.5 Å². The van der Waals surface area contributed by atoms with E-state index >= 15 is 0 Å². The molecule has 29 heavy (non-hydrogen) atoms. The Morgan fingerprint density at radius 2 is 1.86 bits per heavy atom. The first kappa shape index (κ1) is 21.6. The predicted octanol–water partition coefficient (Wildman–Crippen LogP) is 3.37. The van der Waals surface area contributed by atoms with Gasteiger partial charge in [0.1, 0.15) is 34.6 Å². The molecular formula is C22H25IN4O2. The van der Waals surface area contributed by atoms with Gasteiger partial charge in [0.05, 0.1) is 6.61 Å². The number of hydrogen-bond donors (Lipinski definition) is 1. The molecule has 152 valence electrons. The van der Waals surface area contributed by atoms with E-state index in [1.54, 1.807) is 23.0 Å². The van der Waals surface area contributed by atoms with E-state index < -0.39 is 0 Å². The van der Waals surface area contributed by atoms with Crippen LogP contribution < -0.4 is 10.2 Å². The molecule has 2 aromatic rings. The van der Waals surface area contributed by atoms with Gasteiger partial charge in [0, 0.05) is 38.4 Å². The molecule has 0 bridgehead atoms. The molecule has 1 amide bonds. The predicted molar refractivity (Wildman–Crippen MR) is 125 cm³/mol. The number of nitrogens with zero attached hydrogens (tertiary/aromatic N) is 3. The standard InChI is InChI=1S/C22H25IN4O2/c1-16(21(15-24)22(28)25-7-12-29-23)17-3-4-19-14-20(6-5-18(19)13-17)27-10-8-26(2)9-11-27/h3-6,13-14H,7-12H2,1-2H3,(H,25,28)/b21-16+. The van der Waals surface area contributed by atoms with Crippen LogP contribution in [0, 0.1) is 11.3 Å². The van der Waals surface area contributed by atoms with E-state index in [0.717, 1.165) is 42.5 Å². The summed E-state index contributed by atoms with van der Waals surface area (Å²) < 4.78 is 4.91. The third-order valence-corrected chi connectivity index (χ3v) is 5.74. The van der Waals surface area contributed by atoms with E-state index in [-0.39, 0.29) is 11.5 Å². The van der Waals surface area contributed by atoms with E-state index in [1.807, 2.05) is 25.1 Å². The second-order valence-corrected chi connectivity index (χ2v) is 7.84. The molecule has 7 heteroatoms. The third-order valence-electron chi connectivity index (χ3n) is 5.30. The lowest BCUT2D eigenvalue weighted by molar-refractivity contribution is -0.117. The largest absolute Gasteiger partial charge is 0.369 e. The number of anilines is 1. The SMILES string of the molecule is C/C(=C(/C#N)C(=O)NCCOI)c1ccc2cc(N3CCN(C)CC3)ccc2c1. The average molecular weight is 504 g/mol. The Balaban J connectivity index is 1.84. The number of likely N-dealkylation sites (N-methyl/N-ethyl adjacent to an activating group) is 1. The number of hydrogen-bond acceptors (Lipinski definition) is 5. The molecule has 0 spiro atoms. The summed E-state index contributed by atoms with van der Waals surface area (Å²) in [6.07, 6.45) is 0. The molecule has 0 aromatic heterocycles. The molecule has 0 unspecified atom stereocenters. The molecule has 1 fully saturated rings. The molecule has 1 aliphatic rings. The molecular weight excluding hydrogens is 479 g/mol. The number of allylic oxidation sites excluding steroid dienone is 1. The lowest BCUT2D eigenvalue weighted by Gasteiger charge is -2.34. The molecule has 1 saturated heterocycles. The van der Waals surface area contributed by atoms with Crippen molar-refractivity contribution in [1.29, 1.82) is 5.26 Å². The van der Waals surface area contributed by atoms with Crippen LogP contribution >= 0.6 is 23.0 Å². The first-order chi connectivity index (χ1) is 14.0. The van der Waals surface area contributed by atoms with Gasteiger partial charge in [0.15, 0.2) is 0 Å². The van der Waals surface area contributed by atoms with Crippen molar-refractivity contribution in [2.45, 2.75) is 6.92 Å². The number of nitriles is 1. The quantitative estimate of drug-likeness (QED) is 0.283. The summed E-state index contributed by atoms with van der Waals surface area (Å²) in [6, 6.07) is 14.6. The molecule has 2 aromatic carbocycles. The van der Waals surface area contributed by atoms with Gasteiger partial charge in [0.2, 0.25) is 0 Å². The monoisotopic (exact) mass is 504 g/mol. The van der Waals surface area contributed by atoms with Crippen LogP contribution in [0.15, 0.2) is 42.0 Å². The van der Waals surface area contributed by atoms with Crippen LogP contribution in [0.4, 0.5) is 5.69 Å². The number of fused-ring (bicyclic) bond motifs is 1. The lowest BCUT2D eigenvalue weighted by atomic mass is 9.98. The van der Waals surface area contributed by atoms with Gasteiger partial charge in [0.25, 0.3) is 5.91 Å². The van der Waals surface area contributed by atoms with Crippen LogP contribution in [-0.4, -0.2) is 57.2 Å². The van der Waals surface area contributed by atoms with Gasteiger partial charge in [-0.15, -0.1) is 0 Å². The number of benzene rings is 2. The van der Waals surface area contributed by atoms with E-state index in [9.17, 15) is 10.1 Å². The van der Waals surface area contributed by atoms with E-state index in [1.165, 1.54) is 5.69 Å². The van der Waals surface area contributed by atoms with Crippen molar-refractivity contribution < 1.29 is 7.86 Å². The molecule has 0 aliphatic carbocycles. The fraction of sp³-hybridized carbons (Fsp3) is 0.364. The minimum absolute atomic E-state index is 0.131. The summed E-state index contributed by atoms with van der Waals surface area (Å²) in [6.45, 7) is 6.79. The van der Waals surface area contributed by atoms with Crippen LogP contribution in [0.5, 0.6) is 0 Å². The first-order valence-electron chi connectivity index (χ1n) is 9.64. The highest BCUT2D eigenvalue weighted by atomic mass is 127. The second kappa shape index (κ2) is 10.1. The Hall–Kier alpha value is -2.15. The molecule has 0 radical (unpaired) electrons. The van der Waals surface area contributed by atoms with E-state index in [2.05, 4.69) is 46.4 Å². The number of piperazine rings is 1. The molecule has 0 atom stereocenters. The maximum Gasteiger partial charge on any atom is 0.262 e. The first-order valence-corrected chi connectivity index (χ1v) is 10.5. The van der Waals surface area contributed by atoms with Crippen molar-refractivity contribution >= 4 is 50.9 Å². The highest BCUT2D eigenvalue weighted by Crippen LogP contribution is 2.27. The summed E-state index contributed by atoms with van der Waals surface area (Å²) in [5, 5.41) is 14.4. The Morgan fingerprint density at radius 1 is 1.17 bits per heavy atom. The van der Waals surface area contributed by atoms with Crippen molar-refractivity contribution in [2.75, 3.05) is 51.3 Å². The molecule has 0 saturated carbocycles. The van der Waals surface area contributed by atoms with Gasteiger partial charge < -0.3 is 18.2 Å². The van der Waals surface area contributed by atoms with Crippen molar-refractivity contribution in [3.63, 3.8) is 0 Å². The van der Waals surface area contributed by atoms with Gasteiger partial charge in [-0.25, -0.2) is 0 Å². The Morgan fingerprint density at radius 3 is 2.55 bits per heavy atom. The second-order valence-electron chi connectivity index (χ2n) is 7.22. The van der Waals surface area contributed by atoms with E-state index in [0.29, 0.717) is 18.7 Å². The molecule has 6 nitrogen and oxygen atoms in total. The van der Waals surface area contributed by atoms with Gasteiger partial charge in [-0.2, -0.15) is 5.26 Å². The number of nitrogens with one attached hydrogen (secondary N) is 1. The molecule has 1 heterocycles. The van der Waals surface area contributed by atoms with Crippen molar-refractivity contribution in [3.8, 4) is 6.07 Å². The smallest absolute Gasteiger partial charge is 0.262 e. The number of amides is 1. The Bertz CT molecular complexity index is 959. The van der Waals surface area contributed by atoms with Crippen LogP contribution in [0.2, 0.25) is 0 Å². The van der Waals surface area contributed by atoms with Gasteiger partial charge in [-0.1, -0.05) is 18.2 Å². The number of halogens is 1. The van der Waals surface area contributed by atoms with E-state index in [4.69, 9.17) is 3.07 Å². The molecule has 3 rings (SSSR count). The van der Waals surface area contributed by atoms with Crippen molar-refractivity contribution in [1.82, 2.24) is 10.2 Å². The van der Waals surface area contributed by atoms with Crippen molar-refractivity contribution in [3.05, 3.63) is 47.5 Å². The summed E-state index contributed by atoms with van der Waals surface area (Å²) in [7, 11) is 2.15. The summed E-state index contributed by atoms with van der Waals surface area (Å²) >= 11 is 1.78. The van der Waals surface area contributed by atoms with Crippen LogP contribution in [0.25, 0.3) is 16.3 Å². The summed E-state index contributed by atoms with van der Waals surface area (Å²) in [5.74, 6) is -0.371. The summed E-state index contributed by atoms with van der Waals surface area (Å²) in [5.41, 5.74) is 2.92.